The molecule has 2 atom stereocenters. The van der Waals surface area contributed by atoms with Gasteiger partial charge >= 0.3 is 5.97 Å². The van der Waals surface area contributed by atoms with E-state index in [-0.39, 0.29) is 11.7 Å². The lowest BCUT2D eigenvalue weighted by atomic mass is 10.0. The Labute approximate surface area is 129 Å². The quantitative estimate of drug-likeness (QED) is 0.735. The first-order valence-corrected chi connectivity index (χ1v) is 7.07. The van der Waals surface area contributed by atoms with E-state index in [1.165, 1.54) is 26.4 Å². The Morgan fingerprint density at radius 3 is 2.41 bits per heavy atom. The molecule has 0 aliphatic heterocycles. The van der Waals surface area contributed by atoms with Gasteiger partial charge in [0.05, 0.1) is 13.4 Å². The van der Waals surface area contributed by atoms with E-state index in [1.807, 2.05) is 13.8 Å². The van der Waals surface area contributed by atoms with Gasteiger partial charge in [0.1, 0.15) is 12.1 Å². The smallest absolute Gasteiger partial charge is 0.328 e. The molecule has 0 aliphatic carbocycles. The van der Waals surface area contributed by atoms with Crippen LogP contribution in [0.15, 0.2) is 22.8 Å². The first-order valence-electron chi connectivity index (χ1n) is 7.07. The van der Waals surface area contributed by atoms with Gasteiger partial charge in [0.2, 0.25) is 5.91 Å². The molecule has 7 heteroatoms. The third-order valence-corrected chi connectivity index (χ3v) is 3.00. The van der Waals surface area contributed by atoms with E-state index in [4.69, 9.17) is 4.42 Å². The van der Waals surface area contributed by atoms with E-state index in [0.29, 0.717) is 6.42 Å². The standard InChI is InChI=1S/C15H22N2O5/c1-9(2)8-11(15(20)21-4)17-13(18)10(3)16-14(19)12-6-5-7-22-12/h5-7,9-11H,8H2,1-4H3,(H,16,19)(H,17,18)/t10-,11-/m0/s1. The molecule has 0 saturated carbocycles. The minimum absolute atomic E-state index is 0.117. The van der Waals surface area contributed by atoms with Crippen molar-refractivity contribution >= 4 is 17.8 Å². The third-order valence-electron chi connectivity index (χ3n) is 3.00. The van der Waals surface area contributed by atoms with Crippen LogP contribution in [0.1, 0.15) is 37.7 Å². The maximum atomic E-state index is 12.1. The van der Waals surface area contributed by atoms with Gasteiger partial charge in [-0.1, -0.05) is 13.8 Å². The number of ether oxygens (including phenoxy) is 1. The normalized spacial score (nSPS) is 13.3. The minimum atomic E-state index is -0.808. The summed E-state index contributed by atoms with van der Waals surface area (Å²) in [6, 6.07) is 1.53. The van der Waals surface area contributed by atoms with Crippen LogP contribution in [0, 0.1) is 5.92 Å². The Bertz CT molecular complexity index is 510. The molecule has 0 bridgehead atoms. The molecule has 0 spiro atoms. The molecule has 0 aliphatic rings. The molecule has 22 heavy (non-hydrogen) atoms. The van der Waals surface area contributed by atoms with Gasteiger partial charge in [0.25, 0.3) is 5.91 Å². The van der Waals surface area contributed by atoms with Crippen molar-refractivity contribution in [2.24, 2.45) is 5.92 Å². The molecule has 1 heterocycles. The number of furan rings is 1. The molecule has 0 saturated heterocycles. The summed E-state index contributed by atoms with van der Waals surface area (Å²) in [5.74, 6) is -1.14. The third kappa shape index (κ3) is 5.23. The topological polar surface area (TPSA) is 97.6 Å². The molecule has 1 rings (SSSR count). The van der Waals surface area contributed by atoms with Gasteiger partial charge in [-0.25, -0.2) is 4.79 Å². The van der Waals surface area contributed by atoms with Crippen molar-refractivity contribution in [1.82, 2.24) is 10.6 Å². The number of hydrogen-bond donors (Lipinski definition) is 2. The number of carbonyl (C=O) groups excluding carboxylic acids is 3. The van der Waals surface area contributed by atoms with E-state index in [1.54, 1.807) is 6.07 Å². The number of hydrogen-bond acceptors (Lipinski definition) is 5. The summed E-state index contributed by atoms with van der Waals surface area (Å²) in [6.45, 7) is 5.40. The van der Waals surface area contributed by atoms with Gasteiger partial charge in [0.15, 0.2) is 5.76 Å². The Hall–Kier alpha value is -2.31. The number of carbonyl (C=O) groups is 3. The summed E-state index contributed by atoms with van der Waals surface area (Å²) in [4.78, 5) is 35.6. The van der Waals surface area contributed by atoms with E-state index in [2.05, 4.69) is 15.4 Å². The molecular weight excluding hydrogens is 288 g/mol. The van der Waals surface area contributed by atoms with Crippen LogP contribution >= 0.6 is 0 Å². The second-order valence-corrected chi connectivity index (χ2v) is 5.39. The van der Waals surface area contributed by atoms with Gasteiger partial charge in [-0.15, -0.1) is 0 Å². The van der Waals surface area contributed by atoms with E-state index in [9.17, 15) is 14.4 Å². The number of methoxy groups -OCH3 is 1. The lowest BCUT2D eigenvalue weighted by Gasteiger charge is -2.21. The molecule has 2 amide bonds. The Morgan fingerprint density at radius 2 is 1.91 bits per heavy atom. The van der Waals surface area contributed by atoms with Gasteiger partial charge in [-0.05, 0) is 31.4 Å². The average Bonchev–Trinajstić information content (AvgIpc) is 2.99. The second-order valence-electron chi connectivity index (χ2n) is 5.39. The molecular formula is C15H22N2O5. The fourth-order valence-electron chi connectivity index (χ4n) is 1.87. The summed E-state index contributed by atoms with van der Waals surface area (Å²) in [5.41, 5.74) is 0. The van der Waals surface area contributed by atoms with E-state index < -0.39 is 29.9 Å². The zero-order valence-corrected chi connectivity index (χ0v) is 13.2. The lowest BCUT2D eigenvalue weighted by Crippen LogP contribution is -2.50. The highest BCUT2D eigenvalue weighted by Gasteiger charge is 2.26. The molecule has 0 unspecified atom stereocenters. The van der Waals surface area contributed by atoms with Crippen LogP contribution in [0.5, 0.6) is 0 Å². The highest BCUT2D eigenvalue weighted by Crippen LogP contribution is 2.07. The van der Waals surface area contributed by atoms with Crippen LogP contribution < -0.4 is 10.6 Å². The maximum Gasteiger partial charge on any atom is 0.328 e. The van der Waals surface area contributed by atoms with Crippen molar-refractivity contribution in [1.29, 1.82) is 0 Å². The van der Waals surface area contributed by atoms with Crippen LogP contribution in [0.3, 0.4) is 0 Å². The molecule has 0 fully saturated rings. The number of rotatable bonds is 7. The number of nitrogens with one attached hydrogen (secondary N) is 2. The summed E-state index contributed by atoms with van der Waals surface area (Å²) in [5, 5.41) is 5.09. The van der Waals surface area contributed by atoms with Crippen molar-refractivity contribution < 1.29 is 23.5 Å². The zero-order valence-electron chi connectivity index (χ0n) is 13.2. The van der Waals surface area contributed by atoms with Crippen LogP contribution in [0.2, 0.25) is 0 Å². The van der Waals surface area contributed by atoms with Gasteiger partial charge < -0.3 is 19.8 Å². The fourth-order valence-corrected chi connectivity index (χ4v) is 1.87. The monoisotopic (exact) mass is 310 g/mol. The SMILES string of the molecule is COC(=O)[C@H](CC(C)C)NC(=O)[C@H](C)NC(=O)c1ccco1. The fraction of sp³-hybridized carbons (Fsp3) is 0.533. The predicted octanol–water partition coefficient (Wildman–Crippen LogP) is 1.10. The Kier molecular flexibility index (Phi) is 6.62. The van der Waals surface area contributed by atoms with Crippen LogP contribution in [0.25, 0.3) is 0 Å². The second kappa shape index (κ2) is 8.21. The molecule has 0 radical (unpaired) electrons. The molecule has 1 aromatic heterocycles. The van der Waals surface area contributed by atoms with Crippen LogP contribution in [0.4, 0.5) is 0 Å². The van der Waals surface area contributed by atoms with Gasteiger partial charge in [-0.3, -0.25) is 9.59 Å². The Morgan fingerprint density at radius 1 is 1.23 bits per heavy atom. The zero-order chi connectivity index (χ0) is 16.7. The average molecular weight is 310 g/mol. The first kappa shape index (κ1) is 17.7. The molecule has 0 aromatic carbocycles. The Balaban J connectivity index is 2.60. The van der Waals surface area contributed by atoms with Crippen molar-refractivity contribution in [2.75, 3.05) is 7.11 Å². The largest absolute Gasteiger partial charge is 0.467 e. The van der Waals surface area contributed by atoms with E-state index >= 15 is 0 Å². The van der Waals surface area contributed by atoms with Gasteiger partial charge in [-0.2, -0.15) is 0 Å². The van der Waals surface area contributed by atoms with Crippen molar-refractivity contribution in [3.63, 3.8) is 0 Å². The van der Waals surface area contributed by atoms with Crippen LogP contribution in [-0.2, 0) is 14.3 Å². The molecule has 122 valence electrons. The lowest BCUT2D eigenvalue weighted by molar-refractivity contribution is -0.145. The van der Waals surface area contributed by atoms with Crippen LogP contribution in [-0.4, -0.2) is 37.0 Å². The minimum Gasteiger partial charge on any atom is -0.467 e. The van der Waals surface area contributed by atoms with E-state index in [0.717, 1.165) is 0 Å². The number of amides is 2. The molecule has 7 nitrogen and oxygen atoms in total. The summed E-state index contributed by atoms with van der Waals surface area (Å²) >= 11 is 0. The van der Waals surface area contributed by atoms with Gasteiger partial charge in [0, 0.05) is 0 Å². The molecule has 1 aromatic rings. The summed E-state index contributed by atoms with van der Waals surface area (Å²) in [6.07, 6.45) is 1.83. The van der Waals surface area contributed by atoms with Crippen molar-refractivity contribution in [3.8, 4) is 0 Å². The molecule has 2 N–H and O–H groups in total. The van der Waals surface area contributed by atoms with Crippen molar-refractivity contribution in [3.05, 3.63) is 24.2 Å². The highest BCUT2D eigenvalue weighted by atomic mass is 16.5. The first-order chi connectivity index (χ1) is 10.3. The predicted molar refractivity (Wildman–Crippen MR) is 79.0 cm³/mol. The highest BCUT2D eigenvalue weighted by molar-refractivity contribution is 5.96. The summed E-state index contributed by atoms with van der Waals surface area (Å²) in [7, 11) is 1.27. The maximum absolute atomic E-state index is 12.1. The summed E-state index contributed by atoms with van der Waals surface area (Å²) < 4.78 is 9.63. The van der Waals surface area contributed by atoms with Crippen molar-refractivity contribution in [2.45, 2.75) is 39.3 Å². The number of esters is 1.